The number of aromatic nitrogens is 1. The zero-order valence-electron chi connectivity index (χ0n) is 16.1. The third-order valence-electron chi connectivity index (χ3n) is 4.28. The van der Waals surface area contributed by atoms with E-state index in [2.05, 4.69) is 4.72 Å². The molecule has 2 rings (SSSR count). The summed E-state index contributed by atoms with van der Waals surface area (Å²) in [6.45, 7) is 7.42. The predicted molar refractivity (Wildman–Crippen MR) is 102 cm³/mol. The van der Waals surface area contributed by atoms with E-state index >= 15 is 0 Å². The fourth-order valence-corrected chi connectivity index (χ4v) is 3.83. The van der Waals surface area contributed by atoms with Gasteiger partial charge in [0.2, 0.25) is 15.8 Å². The number of hydrogen-bond acceptors (Lipinski definition) is 5. The lowest BCUT2D eigenvalue weighted by molar-refractivity contribution is 0.0474. The van der Waals surface area contributed by atoms with Gasteiger partial charge in [0.15, 0.2) is 6.61 Å². The lowest BCUT2D eigenvalue weighted by Crippen LogP contribution is -2.19. The van der Waals surface area contributed by atoms with Crippen LogP contribution in [-0.4, -0.2) is 38.4 Å². The van der Waals surface area contributed by atoms with Crippen LogP contribution in [0, 0.1) is 13.8 Å². The fourth-order valence-electron chi connectivity index (χ4n) is 3.05. The molecule has 0 unspecified atom stereocenters. The second kappa shape index (κ2) is 8.06. The van der Waals surface area contributed by atoms with Gasteiger partial charge >= 0.3 is 5.97 Å². The van der Waals surface area contributed by atoms with E-state index in [1.54, 1.807) is 6.07 Å². The minimum absolute atomic E-state index is 0.0498. The van der Waals surface area contributed by atoms with Crippen molar-refractivity contribution in [1.29, 1.82) is 0 Å². The molecule has 8 heteroatoms. The van der Waals surface area contributed by atoms with Gasteiger partial charge in [-0.15, -0.1) is 0 Å². The molecule has 1 aromatic heterocycles. The first-order valence-electron chi connectivity index (χ1n) is 8.51. The van der Waals surface area contributed by atoms with Gasteiger partial charge < -0.3 is 9.30 Å². The molecule has 0 saturated carbocycles. The molecule has 146 valence electrons. The Morgan fingerprint density at radius 3 is 2.41 bits per heavy atom. The molecule has 0 aliphatic carbocycles. The van der Waals surface area contributed by atoms with Crippen LogP contribution >= 0.6 is 0 Å². The average molecular weight is 392 g/mol. The first-order valence-corrected chi connectivity index (χ1v) is 9.99. The summed E-state index contributed by atoms with van der Waals surface area (Å²) >= 11 is 0. The zero-order valence-corrected chi connectivity index (χ0v) is 16.9. The molecule has 1 heterocycles. The molecule has 0 fully saturated rings. The van der Waals surface area contributed by atoms with Gasteiger partial charge in [0.05, 0.1) is 10.5 Å². The third-order valence-corrected chi connectivity index (χ3v) is 5.70. The van der Waals surface area contributed by atoms with Crippen LogP contribution in [0.15, 0.2) is 35.2 Å². The number of ether oxygens (including phenoxy) is 1. The Balaban J connectivity index is 2.14. The van der Waals surface area contributed by atoms with Crippen LogP contribution in [0.4, 0.5) is 0 Å². The molecule has 0 aliphatic heterocycles. The van der Waals surface area contributed by atoms with Crippen molar-refractivity contribution < 1.29 is 22.7 Å². The molecule has 1 aromatic carbocycles. The van der Waals surface area contributed by atoms with Gasteiger partial charge in [-0.3, -0.25) is 4.79 Å². The van der Waals surface area contributed by atoms with Gasteiger partial charge in [0.1, 0.15) is 0 Å². The van der Waals surface area contributed by atoms with Crippen LogP contribution < -0.4 is 4.72 Å². The molecule has 0 amide bonds. The predicted octanol–water partition coefficient (Wildman–Crippen LogP) is 2.63. The number of ketones is 1. The molecule has 0 radical (unpaired) electrons. The monoisotopic (exact) mass is 392 g/mol. The van der Waals surface area contributed by atoms with Crippen molar-refractivity contribution in [1.82, 2.24) is 9.29 Å². The van der Waals surface area contributed by atoms with Crippen molar-refractivity contribution >= 4 is 21.8 Å². The van der Waals surface area contributed by atoms with E-state index in [0.29, 0.717) is 5.56 Å². The van der Waals surface area contributed by atoms with E-state index in [4.69, 9.17) is 4.74 Å². The second-order valence-electron chi connectivity index (χ2n) is 6.48. The van der Waals surface area contributed by atoms with Crippen molar-refractivity contribution in [3.05, 3.63) is 52.8 Å². The van der Waals surface area contributed by atoms with Crippen LogP contribution in [-0.2, 0) is 14.8 Å². The maximum Gasteiger partial charge on any atom is 0.338 e. The largest absolute Gasteiger partial charge is 0.454 e. The summed E-state index contributed by atoms with van der Waals surface area (Å²) in [5.74, 6) is -1.06. The highest BCUT2D eigenvalue weighted by Crippen LogP contribution is 2.21. The van der Waals surface area contributed by atoms with Crippen molar-refractivity contribution in [3.63, 3.8) is 0 Å². The Labute approximate surface area is 159 Å². The molecule has 0 spiro atoms. The molecule has 2 aromatic rings. The van der Waals surface area contributed by atoms with Crippen molar-refractivity contribution in [2.24, 2.45) is 0 Å². The van der Waals surface area contributed by atoms with Gasteiger partial charge in [-0.25, -0.2) is 17.9 Å². The maximum atomic E-state index is 12.5. The summed E-state index contributed by atoms with van der Waals surface area (Å²) < 4.78 is 33.0. The Hall–Kier alpha value is -2.45. The number of Topliss-reactive ketones (excluding diaryl/α,β-unsaturated/α-hetero) is 1. The summed E-state index contributed by atoms with van der Waals surface area (Å²) in [6, 6.07) is 7.46. The highest BCUT2D eigenvalue weighted by Gasteiger charge is 2.20. The first kappa shape index (κ1) is 20.9. The lowest BCUT2D eigenvalue weighted by Gasteiger charge is -2.13. The van der Waals surface area contributed by atoms with E-state index in [-0.39, 0.29) is 22.3 Å². The van der Waals surface area contributed by atoms with Crippen molar-refractivity contribution in [3.8, 4) is 0 Å². The number of carbonyl (C=O) groups is 2. The van der Waals surface area contributed by atoms with Crippen LogP contribution in [0.5, 0.6) is 0 Å². The first-order chi connectivity index (χ1) is 12.6. The summed E-state index contributed by atoms with van der Waals surface area (Å²) in [5.41, 5.74) is 2.36. The molecule has 0 bridgehead atoms. The Morgan fingerprint density at radius 2 is 1.85 bits per heavy atom. The molecule has 0 saturated heterocycles. The van der Waals surface area contributed by atoms with Crippen LogP contribution in [0.1, 0.15) is 52.0 Å². The molecule has 0 aliphatic rings. The second-order valence-corrected chi connectivity index (χ2v) is 8.37. The van der Waals surface area contributed by atoms with Crippen molar-refractivity contribution in [2.45, 2.75) is 38.6 Å². The standard InChI is InChI=1S/C19H24N2O5S/c1-12(2)21-13(3)9-17(14(21)4)18(22)11-26-19(23)15-7-6-8-16(10-15)27(24,25)20-5/h6-10,12,20H,11H2,1-5H3. The Kier molecular flexibility index (Phi) is 6.22. The summed E-state index contributed by atoms with van der Waals surface area (Å²) in [7, 11) is -2.39. The molecule has 27 heavy (non-hydrogen) atoms. The number of rotatable bonds is 7. The topological polar surface area (TPSA) is 94.5 Å². The molecular formula is C19H24N2O5S. The SMILES string of the molecule is CNS(=O)(=O)c1cccc(C(=O)OCC(=O)c2cc(C)n(C(C)C)c2C)c1. The summed E-state index contributed by atoms with van der Waals surface area (Å²) in [6.07, 6.45) is 0. The Morgan fingerprint density at radius 1 is 1.19 bits per heavy atom. The minimum atomic E-state index is -3.67. The number of hydrogen-bond donors (Lipinski definition) is 1. The molecule has 0 atom stereocenters. The van der Waals surface area contributed by atoms with Gasteiger partial charge in [-0.05, 0) is 59.0 Å². The molecular weight excluding hydrogens is 368 g/mol. The van der Waals surface area contributed by atoms with Gasteiger partial charge in [0.25, 0.3) is 0 Å². The van der Waals surface area contributed by atoms with E-state index in [1.807, 2.05) is 32.3 Å². The average Bonchev–Trinajstić information content (AvgIpc) is 2.93. The number of aryl methyl sites for hydroxylation is 1. The van der Waals surface area contributed by atoms with Crippen LogP contribution in [0.2, 0.25) is 0 Å². The van der Waals surface area contributed by atoms with E-state index in [0.717, 1.165) is 11.4 Å². The van der Waals surface area contributed by atoms with Gasteiger partial charge in [-0.1, -0.05) is 6.07 Å². The van der Waals surface area contributed by atoms with E-state index < -0.39 is 22.6 Å². The summed E-state index contributed by atoms with van der Waals surface area (Å²) in [5, 5.41) is 0. The number of sulfonamides is 1. The van der Waals surface area contributed by atoms with Gasteiger partial charge in [0, 0.05) is 23.0 Å². The normalized spacial score (nSPS) is 11.6. The quantitative estimate of drug-likeness (QED) is 0.577. The smallest absolute Gasteiger partial charge is 0.338 e. The van der Waals surface area contributed by atoms with Gasteiger partial charge in [-0.2, -0.15) is 0 Å². The number of esters is 1. The summed E-state index contributed by atoms with van der Waals surface area (Å²) in [4.78, 5) is 24.6. The van der Waals surface area contributed by atoms with Crippen LogP contribution in [0.3, 0.4) is 0 Å². The molecule has 1 N–H and O–H groups in total. The third kappa shape index (κ3) is 4.45. The van der Waals surface area contributed by atoms with Crippen molar-refractivity contribution in [2.75, 3.05) is 13.7 Å². The van der Waals surface area contributed by atoms with E-state index in [1.165, 1.54) is 31.3 Å². The zero-order chi connectivity index (χ0) is 20.4. The number of nitrogens with zero attached hydrogens (tertiary/aromatic N) is 1. The maximum absolute atomic E-state index is 12.5. The van der Waals surface area contributed by atoms with Crippen LogP contribution in [0.25, 0.3) is 0 Å². The minimum Gasteiger partial charge on any atom is -0.454 e. The number of benzene rings is 1. The van der Waals surface area contributed by atoms with E-state index in [9.17, 15) is 18.0 Å². The molecule has 7 nitrogen and oxygen atoms in total. The fraction of sp³-hybridized carbons (Fsp3) is 0.368. The number of nitrogens with one attached hydrogen (secondary N) is 1. The number of carbonyl (C=O) groups excluding carboxylic acids is 2. The highest BCUT2D eigenvalue weighted by molar-refractivity contribution is 7.89. The highest BCUT2D eigenvalue weighted by atomic mass is 32.2. The lowest BCUT2D eigenvalue weighted by atomic mass is 10.1. The Bertz CT molecular complexity index is 974.